The Balaban J connectivity index is 2.82. The molecule has 0 saturated carbocycles. The van der Waals surface area contributed by atoms with Crippen molar-refractivity contribution in [2.24, 2.45) is 0 Å². The fourth-order valence-electron chi connectivity index (χ4n) is 1.48. The fraction of sp³-hybridized carbons (Fsp3) is 0.500. The Morgan fingerprint density at radius 3 is 2.58 bits per heavy atom. The van der Waals surface area contributed by atoms with E-state index >= 15 is 0 Å². The van der Waals surface area contributed by atoms with Crippen LogP contribution < -0.4 is 5.32 Å². The first-order valence-electron chi connectivity index (χ1n) is 5.93. The molecule has 0 fully saturated rings. The van der Waals surface area contributed by atoms with Crippen LogP contribution in [0.25, 0.3) is 0 Å². The number of aromatic nitrogens is 2. The molecule has 104 valence electrons. The molecule has 0 aliphatic heterocycles. The predicted molar refractivity (Wildman–Crippen MR) is 72.5 cm³/mol. The maximum atomic E-state index is 11.5. The molecule has 1 amide bonds. The molecule has 0 atom stereocenters. The molecular weight excluding hydrogens is 266 g/mol. The van der Waals surface area contributed by atoms with Crippen LogP contribution in [-0.2, 0) is 4.79 Å². The number of nitrogens with one attached hydrogen (secondary N) is 1. The summed E-state index contributed by atoms with van der Waals surface area (Å²) < 4.78 is 0. The molecule has 0 spiro atoms. The topological polar surface area (TPSA) is 92.2 Å². The van der Waals surface area contributed by atoms with Gasteiger partial charge >= 0.3 is 5.97 Å². The Morgan fingerprint density at radius 1 is 1.32 bits per heavy atom. The van der Waals surface area contributed by atoms with Crippen LogP contribution in [-0.4, -0.2) is 39.2 Å². The minimum absolute atomic E-state index is 0.0684. The largest absolute Gasteiger partial charge is 0.478 e. The van der Waals surface area contributed by atoms with Gasteiger partial charge in [0.2, 0.25) is 5.91 Å². The van der Waals surface area contributed by atoms with Gasteiger partial charge in [-0.2, -0.15) is 0 Å². The molecule has 0 aliphatic rings. The van der Waals surface area contributed by atoms with Crippen LogP contribution in [0.3, 0.4) is 0 Å². The van der Waals surface area contributed by atoms with E-state index in [4.69, 9.17) is 5.11 Å². The van der Waals surface area contributed by atoms with Crippen molar-refractivity contribution in [2.45, 2.75) is 32.2 Å². The highest BCUT2D eigenvalue weighted by atomic mass is 32.2. The van der Waals surface area contributed by atoms with E-state index in [1.807, 2.05) is 6.92 Å². The van der Waals surface area contributed by atoms with E-state index in [-0.39, 0.29) is 17.2 Å². The van der Waals surface area contributed by atoms with Crippen molar-refractivity contribution in [3.8, 4) is 0 Å². The Morgan fingerprint density at radius 2 is 2.00 bits per heavy atom. The SMILES string of the molecule is CCCNC(=O)CSc1nc(C)nc(C)c1C(=O)O. The minimum atomic E-state index is -1.08. The lowest BCUT2D eigenvalue weighted by Crippen LogP contribution is -2.25. The summed E-state index contributed by atoms with van der Waals surface area (Å²) in [6.45, 7) is 5.90. The lowest BCUT2D eigenvalue weighted by Gasteiger charge is -2.08. The van der Waals surface area contributed by atoms with E-state index in [2.05, 4.69) is 15.3 Å². The summed E-state index contributed by atoms with van der Waals surface area (Å²) >= 11 is 1.12. The Hall–Kier alpha value is -1.63. The van der Waals surface area contributed by atoms with E-state index in [1.54, 1.807) is 13.8 Å². The first-order valence-corrected chi connectivity index (χ1v) is 6.92. The van der Waals surface area contributed by atoms with Gasteiger partial charge in [0.25, 0.3) is 0 Å². The average molecular weight is 283 g/mol. The summed E-state index contributed by atoms with van der Waals surface area (Å²) in [5.74, 6) is -0.555. The molecule has 0 radical (unpaired) electrons. The third-order valence-electron chi connectivity index (χ3n) is 2.29. The highest BCUT2D eigenvalue weighted by Gasteiger charge is 2.18. The number of amides is 1. The van der Waals surface area contributed by atoms with Gasteiger partial charge in [-0.15, -0.1) is 0 Å². The number of carbonyl (C=O) groups is 2. The van der Waals surface area contributed by atoms with Gasteiger partial charge in [-0.1, -0.05) is 18.7 Å². The zero-order valence-corrected chi connectivity index (χ0v) is 12.0. The van der Waals surface area contributed by atoms with E-state index in [9.17, 15) is 9.59 Å². The molecule has 0 bridgehead atoms. The van der Waals surface area contributed by atoms with Gasteiger partial charge in [-0.3, -0.25) is 4.79 Å². The number of carbonyl (C=O) groups excluding carboxylic acids is 1. The Labute approximate surface area is 116 Å². The van der Waals surface area contributed by atoms with Gasteiger partial charge < -0.3 is 10.4 Å². The molecule has 1 aromatic rings. The number of thioether (sulfide) groups is 1. The van der Waals surface area contributed by atoms with Crippen LogP contribution in [0, 0.1) is 13.8 Å². The van der Waals surface area contributed by atoms with E-state index in [0.717, 1.165) is 18.2 Å². The minimum Gasteiger partial charge on any atom is -0.478 e. The summed E-state index contributed by atoms with van der Waals surface area (Å²) in [5, 5.41) is 12.2. The molecule has 1 rings (SSSR count). The second kappa shape index (κ2) is 7.08. The second-order valence-electron chi connectivity index (χ2n) is 3.98. The fourth-order valence-corrected chi connectivity index (χ4v) is 2.43. The van der Waals surface area contributed by atoms with Crippen LogP contribution >= 0.6 is 11.8 Å². The van der Waals surface area contributed by atoms with Crippen molar-refractivity contribution in [3.63, 3.8) is 0 Å². The Bertz CT molecular complexity index is 491. The van der Waals surface area contributed by atoms with Gasteiger partial charge in [0.05, 0.1) is 11.4 Å². The van der Waals surface area contributed by atoms with Crippen LogP contribution in [0.2, 0.25) is 0 Å². The molecule has 1 heterocycles. The van der Waals surface area contributed by atoms with Gasteiger partial charge in [0.15, 0.2) is 0 Å². The van der Waals surface area contributed by atoms with Crippen LogP contribution in [0.5, 0.6) is 0 Å². The van der Waals surface area contributed by atoms with Gasteiger partial charge in [-0.25, -0.2) is 14.8 Å². The molecule has 2 N–H and O–H groups in total. The first-order chi connectivity index (χ1) is 8.95. The molecule has 0 saturated heterocycles. The zero-order chi connectivity index (χ0) is 14.4. The second-order valence-corrected chi connectivity index (χ2v) is 4.94. The van der Waals surface area contributed by atoms with Crippen molar-refractivity contribution in [1.29, 1.82) is 0 Å². The highest BCUT2D eigenvalue weighted by Crippen LogP contribution is 2.22. The van der Waals surface area contributed by atoms with Crippen molar-refractivity contribution >= 4 is 23.6 Å². The summed E-state index contributed by atoms with van der Waals surface area (Å²) in [6, 6.07) is 0. The summed E-state index contributed by atoms with van der Waals surface area (Å²) in [6.07, 6.45) is 0.864. The number of carboxylic acids is 1. The van der Waals surface area contributed by atoms with E-state index in [1.165, 1.54) is 0 Å². The lowest BCUT2D eigenvalue weighted by atomic mass is 10.2. The molecule has 6 nitrogen and oxygen atoms in total. The molecule has 19 heavy (non-hydrogen) atoms. The van der Waals surface area contributed by atoms with E-state index < -0.39 is 5.97 Å². The van der Waals surface area contributed by atoms with Gasteiger partial charge in [-0.05, 0) is 20.3 Å². The van der Waals surface area contributed by atoms with Gasteiger partial charge in [0.1, 0.15) is 16.4 Å². The third kappa shape index (κ3) is 4.51. The number of hydrogen-bond donors (Lipinski definition) is 2. The number of aryl methyl sites for hydroxylation is 2. The van der Waals surface area contributed by atoms with E-state index in [0.29, 0.717) is 23.1 Å². The number of aromatic carboxylic acids is 1. The molecule has 7 heteroatoms. The zero-order valence-electron chi connectivity index (χ0n) is 11.2. The summed E-state index contributed by atoms with van der Waals surface area (Å²) in [4.78, 5) is 30.8. The van der Waals surface area contributed by atoms with Crippen molar-refractivity contribution in [3.05, 3.63) is 17.1 Å². The molecule has 1 aromatic heterocycles. The number of nitrogens with zero attached hydrogens (tertiary/aromatic N) is 2. The number of carboxylic acid groups (broad SMARTS) is 1. The summed E-state index contributed by atoms with van der Waals surface area (Å²) in [7, 11) is 0. The third-order valence-corrected chi connectivity index (χ3v) is 3.27. The van der Waals surface area contributed by atoms with Crippen molar-refractivity contribution in [2.75, 3.05) is 12.3 Å². The quantitative estimate of drug-likeness (QED) is 0.606. The first kappa shape index (κ1) is 15.4. The highest BCUT2D eigenvalue weighted by molar-refractivity contribution is 8.00. The molecule has 0 aromatic carbocycles. The van der Waals surface area contributed by atoms with Gasteiger partial charge in [0, 0.05) is 6.54 Å². The maximum Gasteiger partial charge on any atom is 0.340 e. The van der Waals surface area contributed by atoms with Crippen molar-refractivity contribution < 1.29 is 14.7 Å². The number of rotatable bonds is 6. The van der Waals surface area contributed by atoms with Crippen molar-refractivity contribution in [1.82, 2.24) is 15.3 Å². The van der Waals surface area contributed by atoms with Crippen LogP contribution in [0.1, 0.15) is 35.2 Å². The standard InChI is InChI=1S/C12H17N3O3S/c1-4-5-13-9(16)6-19-11-10(12(17)18)7(2)14-8(3)15-11/h4-6H2,1-3H3,(H,13,16)(H,17,18). The smallest absolute Gasteiger partial charge is 0.340 e. The number of hydrogen-bond acceptors (Lipinski definition) is 5. The predicted octanol–water partition coefficient (Wildman–Crippen LogP) is 1.41. The van der Waals surface area contributed by atoms with Crippen LogP contribution in [0.15, 0.2) is 5.03 Å². The lowest BCUT2D eigenvalue weighted by molar-refractivity contribution is -0.118. The molecular formula is C12H17N3O3S. The summed E-state index contributed by atoms with van der Waals surface area (Å²) in [5.41, 5.74) is 0.482. The van der Waals surface area contributed by atoms with Crippen LogP contribution in [0.4, 0.5) is 0 Å². The monoisotopic (exact) mass is 283 g/mol. The molecule has 0 aliphatic carbocycles. The maximum absolute atomic E-state index is 11.5. The Kier molecular flexibility index (Phi) is 5.75. The molecule has 0 unspecified atom stereocenters. The average Bonchev–Trinajstić information content (AvgIpc) is 2.32. The normalized spacial score (nSPS) is 10.3.